The summed E-state index contributed by atoms with van der Waals surface area (Å²) in [5.74, 6) is -1.20. The molecule has 0 fully saturated rings. The smallest absolute Gasteiger partial charge is 0.331 e. The maximum atomic E-state index is 13.4. The van der Waals surface area contributed by atoms with E-state index < -0.39 is 5.97 Å². The van der Waals surface area contributed by atoms with Crippen LogP contribution in [0.1, 0.15) is 6.92 Å². The lowest BCUT2D eigenvalue weighted by Crippen LogP contribution is -1.99. The van der Waals surface area contributed by atoms with Gasteiger partial charge in [0.05, 0.1) is 5.52 Å². The van der Waals surface area contributed by atoms with Crippen molar-refractivity contribution >= 4 is 16.9 Å². The highest BCUT2D eigenvalue weighted by molar-refractivity contribution is 5.85. The predicted molar refractivity (Wildman–Crippen MR) is 63.3 cm³/mol. The van der Waals surface area contributed by atoms with Crippen LogP contribution in [0.2, 0.25) is 0 Å². The first-order chi connectivity index (χ1) is 8.09. The average molecular weight is 233 g/mol. The maximum Gasteiger partial charge on any atom is 0.331 e. The topological polar surface area (TPSA) is 42.2 Å². The Morgan fingerprint density at radius 1 is 1.47 bits per heavy atom. The Morgan fingerprint density at radius 2 is 2.24 bits per heavy atom. The summed E-state index contributed by atoms with van der Waals surface area (Å²) < 4.78 is 15.2. The van der Waals surface area contributed by atoms with Gasteiger partial charge in [0.2, 0.25) is 0 Å². The monoisotopic (exact) mass is 233 g/mol. The number of aromatic nitrogens is 1. The van der Waals surface area contributed by atoms with Crippen molar-refractivity contribution in [3.05, 3.63) is 47.9 Å². The molecule has 1 aromatic heterocycles. The van der Waals surface area contributed by atoms with Crippen LogP contribution in [0, 0.1) is 5.82 Å². The number of halogens is 1. The van der Waals surface area contributed by atoms with Gasteiger partial charge >= 0.3 is 5.97 Å². The number of allylic oxidation sites excluding steroid dienone is 1. The molecule has 1 N–H and O–H groups in total. The van der Waals surface area contributed by atoms with Crippen LogP contribution >= 0.6 is 0 Å². The molecule has 0 atom stereocenters. The lowest BCUT2D eigenvalue weighted by molar-refractivity contribution is -0.132. The van der Waals surface area contributed by atoms with Crippen molar-refractivity contribution < 1.29 is 14.3 Å². The van der Waals surface area contributed by atoms with Gasteiger partial charge in [-0.3, -0.25) is 0 Å². The molecule has 0 spiro atoms. The summed E-state index contributed by atoms with van der Waals surface area (Å²) in [6, 6.07) is 6.55. The van der Waals surface area contributed by atoms with Crippen molar-refractivity contribution in [2.75, 3.05) is 0 Å². The number of aliphatic carboxylic acids is 1. The minimum atomic E-state index is -0.937. The van der Waals surface area contributed by atoms with E-state index in [2.05, 4.69) is 0 Å². The van der Waals surface area contributed by atoms with E-state index in [9.17, 15) is 9.18 Å². The quantitative estimate of drug-likeness (QED) is 0.828. The number of rotatable bonds is 3. The standard InChI is InChI=1S/C13H12FNO2/c1-9(13(16)17)5-7-15-8-6-10-11(14)3-2-4-12(10)15/h2-6,8H,7H2,1H3,(H,16,17)/b9-5-. The number of carbonyl (C=O) groups is 1. The van der Waals surface area contributed by atoms with Crippen molar-refractivity contribution in [1.82, 2.24) is 4.57 Å². The summed E-state index contributed by atoms with van der Waals surface area (Å²) in [6.07, 6.45) is 3.35. The van der Waals surface area contributed by atoms with E-state index in [1.165, 1.54) is 13.0 Å². The van der Waals surface area contributed by atoms with Crippen LogP contribution < -0.4 is 0 Å². The molecular formula is C13H12FNO2. The Morgan fingerprint density at radius 3 is 2.94 bits per heavy atom. The van der Waals surface area contributed by atoms with Crippen molar-refractivity contribution in [3.8, 4) is 0 Å². The third-order valence-corrected chi connectivity index (χ3v) is 2.69. The third-order valence-electron chi connectivity index (χ3n) is 2.69. The van der Waals surface area contributed by atoms with E-state index in [0.717, 1.165) is 5.52 Å². The van der Waals surface area contributed by atoms with Crippen molar-refractivity contribution in [2.24, 2.45) is 0 Å². The van der Waals surface area contributed by atoms with Gasteiger partial charge < -0.3 is 9.67 Å². The second-order valence-corrected chi connectivity index (χ2v) is 3.83. The molecule has 0 radical (unpaired) electrons. The van der Waals surface area contributed by atoms with Crippen molar-refractivity contribution in [3.63, 3.8) is 0 Å². The molecule has 0 saturated heterocycles. The summed E-state index contributed by atoms with van der Waals surface area (Å²) in [4.78, 5) is 10.6. The number of nitrogens with zero attached hydrogens (tertiary/aromatic N) is 1. The summed E-state index contributed by atoms with van der Waals surface area (Å²) in [7, 11) is 0. The molecule has 1 aromatic carbocycles. The van der Waals surface area contributed by atoms with Crippen LogP contribution in [0.4, 0.5) is 4.39 Å². The van der Waals surface area contributed by atoms with E-state index in [4.69, 9.17) is 5.11 Å². The summed E-state index contributed by atoms with van der Waals surface area (Å²) >= 11 is 0. The molecule has 0 aliphatic heterocycles. The lowest BCUT2D eigenvalue weighted by Gasteiger charge is -2.02. The lowest BCUT2D eigenvalue weighted by atomic mass is 10.2. The Hall–Kier alpha value is -2.10. The largest absolute Gasteiger partial charge is 0.478 e. The third kappa shape index (κ3) is 2.20. The fourth-order valence-electron chi connectivity index (χ4n) is 1.67. The molecule has 3 nitrogen and oxygen atoms in total. The number of carboxylic acid groups (broad SMARTS) is 1. The first-order valence-corrected chi connectivity index (χ1v) is 5.23. The fourth-order valence-corrected chi connectivity index (χ4v) is 1.67. The molecule has 0 aliphatic rings. The molecule has 0 amide bonds. The molecule has 1 heterocycles. The Bertz CT molecular complexity index is 598. The molecule has 0 aliphatic carbocycles. The highest BCUT2D eigenvalue weighted by atomic mass is 19.1. The van der Waals surface area contributed by atoms with E-state index in [1.54, 1.807) is 24.4 Å². The minimum absolute atomic E-state index is 0.264. The van der Waals surface area contributed by atoms with Crippen LogP contribution in [0.25, 0.3) is 10.9 Å². The zero-order valence-electron chi connectivity index (χ0n) is 9.35. The molecule has 0 bridgehead atoms. The number of carboxylic acids is 1. The van der Waals surface area contributed by atoms with Gasteiger partial charge in [-0.25, -0.2) is 9.18 Å². The van der Waals surface area contributed by atoms with Gasteiger partial charge in [-0.15, -0.1) is 0 Å². The SMILES string of the molecule is C/C(=C/Cn1ccc2c(F)cccc21)C(=O)O. The van der Waals surface area contributed by atoms with Crippen molar-refractivity contribution in [1.29, 1.82) is 0 Å². The van der Waals surface area contributed by atoms with Gasteiger partial charge in [0.1, 0.15) is 5.82 Å². The van der Waals surface area contributed by atoms with Gasteiger partial charge in [0.25, 0.3) is 0 Å². The molecule has 0 saturated carbocycles. The Kier molecular flexibility index (Phi) is 2.95. The normalized spacial score (nSPS) is 12.0. The minimum Gasteiger partial charge on any atom is -0.478 e. The first-order valence-electron chi connectivity index (χ1n) is 5.23. The van der Waals surface area contributed by atoms with Gasteiger partial charge in [-0.1, -0.05) is 12.1 Å². The number of benzene rings is 1. The van der Waals surface area contributed by atoms with Crippen LogP contribution in [0.15, 0.2) is 42.1 Å². The van der Waals surface area contributed by atoms with E-state index in [-0.39, 0.29) is 11.4 Å². The average Bonchev–Trinajstić information content (AvgIpc) is 2.70. The van der Waals surface area contributed by atoms with E-state index in [0.29, 0.717) is 11.9 Å². The highest BCUT2D eigenvalue weighted by Crippen LogP contribution is 2.19. The number of hydrogen-bond acceptors (Lipinski definition) is 1. The van der Waals surface area contributed by atoms with E-state index in [1.807, 2.05) is 10.6 Å². The second kappa shape index (κ2) is 4.41. The Labute approximate surface area is 97.8 Å². The van der Waals surface area contributed by atoms with Crippen LogP contribution in [0.3, 0.4) is 0 Å². The first kappa shape index (κ1) is 11.4. The Balaban J connectivity index is 2.35. The fraction of sp³-hybridized carbons (Fsp3) is 0.154. The molecule has 17 heavy (non-hydrogen) atoms. The molecule has 0 unspecified atom stereocenters. The molecule has 2 rings (SSSR count). The van der Waals surface area contributed by atoms with Gasteiger partial charge in [-0.05, 0) is 25.1 Å². The number of fused-ring (bicyclic) bond motifs is 1. The maximum absolute atomic E-state index is 13.4. The summed E-state index contributed by atoms with van der Waals surface area (Å²) in [5.41, 5.74) is 1.04. The summed E-state index contributed by atoms with van der Waals surface area (Å²) in [5, 5.41) is 9.28. The van der Waals surface area contributed by atoms with Crippen LogP contribution in [-0.2, 0) is 11.3 Å². The van der Waals surface area contributed by atoms with Crippen molar-refractivity contribution in [2.45, 2.75) is 13.5 Å². The second-order valence-electron chi connectivity index (χ2n) is 3.83. The van der Waals surface area contributed by atoms with Gasteiger partial charge in [0, 0.05) is 23.7 Å². The van der Waals surface area contributed by atoms with Gasteiger partial charge in [0.15, 0.2) is 0 Å². The number of hydrogen-bond donors (Lipinski definition) is 1. The molecule has 2 aromatic rings. The zero-order chi connectivity index (χ0) is 12.4. The zero-order valence-corrected chi connectivity index (χ0v) is 9.35. The molecular weight excluding hydrogens is 221 g/mol. The van der Waals surface area contributed by atoms with Gasteiger partial charge in [-0.2, -0.15) is 0 Å². The molecule has 88 valence electrons. The predicted octanol–water partition coefficient (Wildman–Crippen LogP) is 2.81. The summed E-state index contributed by atoms with van der Waals surface area (Å²) in [6.45, 7) is 1.96. The molecule has 4 heteroatoms. The van der Waals surface area contributed by atoms with Crippen LogP contribution in [0.5, 0.6) is 0 Å². The van der Waals surface area contributed by atoms with Crippen LogP contribution in [-0.4, -0.2) is 15.6 Å². The highest BCUT2D eigenvalue weighted by Gasteiger charge is 2.04. The van der Waals surface area contributed by atoms with E-state index >= 15 is 0 Å².